The van der Waals surface area contributed by atoms with Gasteiger partial charge in [0.25, 0.3) is 0 Å². The van der Waals surface area contributed by atoms with Crippen LogP contribution >= 0.6 is 0 Å². The van der Waals surface area contributed by atoms with Crippen molar-refractivity contribution in [1.82, 2.24) is 30.3 Å². The summed E-state index contributed by atoms with van der Waals surface area (Å²) in [7, 11) is 0. The Balaban J connectivity index is 1.36. The summed E-state index contributed by atoms with van der Waals surface area (Å²) in [6, 6.07) is 3.78. The first-order valence-electron chi connectivity index (χ1n) is 8.24. The van der Waals surface area contributed by atoms with Gasteiger partial charge in [-0.05, 0) is 50.6 Å². The van der Waals surface area contributed by atoms with Crippen LogP contribution in [0.3, 0.4) is 0 Å². The molecule has 0 radical (unpaired) electrons. The lowest BCUT2D eigenvalue weighted by Crippen LogP contribution is -2.32. The molecule has 4 rings (SSSR count). The van der Waals surface area contributed by atoms with Crippen LogP contribution in [-0.2, 0) is 6.54 Å². The zero-order chi connectivity index (χ0) is 16.4. The summed E-state index contributed by atoms with van der Waals surface area (Å²) in [5.74, 6) is 1.75. The van der Waals surface area contributed by atoms with Crippen LogP contribution in [0, 0.1) is 6.92 Å². The third kappa shape index (κ3) is 3.07. The molecule has 0 aliphatic carbocycles. The number of hydrogen-bond donors (Lipinski definition) is 1. The second-order valence-electron chi connectivity index (χ2n) is 6.26. The lowest BCUT2D eigenvalue weighted by atomic mass is 9.92. The van der Waals surface area contributed by atoms with Crippen LogP contribution in [0.5, 0.6) is 0 Å². The highest BCUT2D eigenvalue weighted by atomic mass is 16.4. The molecule has 3 aromatic rings. The molecule has 1 N–H and O–H groups in total. The Morgan fingerprint density at radius 1 is 1.25 bits per heavy atom. The fraction of sp³-hybridized carbons (Fsp3) is 0.412. The van der Waals surface area contributed by atoms with Gasteiger partial charge in [0.15, 0.2) is 0 Å². The van der Waals surface area contributed by atoms with Gasteiger partial charge >= 0.3 is 0 Å². The van der Waals surface area contributed by atoms with E-state index >= 15 is 0 Å². The van der Waals surface area contributed by atoms with Gasteiger partial charge in [0.2, 0.25) is 11.8 Å². The van der Waals surface area contributed by atoms with Crippen LogP contribution in [-0.4, -0.2) is 43.4 Å². The molecule has 124 valence electrons. The number of hydrogen-bond acceptors (Lipinski definition) is 6. The molecule has 24 heavy (non-hydrogen) atoms. The SMILES string of the molecule is Cc1cn[nH]c1C1CCN(Cc2nnc(-c3cccnc3)o2)CC1. The smallest absolute Gasteiger partial charge is 0.249 e. The number of likely N-dealkylation sites (tertiary alicyclic amines) is 1. The second kappa shape index (κ2) is 6.52. The van der Waals surface area contributed by atoms with Gasteiger partial charge in [0.05, 0.1) is 18.3 Å². The number of pyridine rings is 1. The molecule has 0 saturated carbocycles. The minimum absolute atomic E-state index is 0.529. The standard InChI is InChI=1S/C17H20N6O/c1-12-9-19-21-16(12)13-4-7-23(8-5-13)11-15-20-22-17(24-15)14-3-2-6-18-10-14/h2-3,6,9-10,13H,4-5,7-8,11H2,1H3,(H,19,21). The topological polar surface area (TPSA) is 83.7 Å². The third-order valence-corrected chi connectivity index (χ3v) is 4.60. The first kappa shape index (κ1) is 15.0. The van der Waals surface area contributed by atoms with Crippen LogP contribution < -0.4 is 0 Å². The van der Waals surface area contributed by atoms with Crippen LogP contribution in [0.25, 0.3) is 11.5 Å². The van der Waals surface area contributed by atoms with Gasteiger partial charge in [0.1, 0.15) is 0 Å². The molecule has 1 aliphatic heterocycles. The molecule has 0 aromatic carbocycles. The summed E-state index contributed by atoms with van der Waals surface area (Å²) in [6.07, 6.45) is 7.60. The zero-order valence-corrected chi connectivity index (χ0v) is 13.6. The normalized spacial score (nSPS) is 16.5. The van der Waals surface area contributed by atoms with Crippen molar-refractivity contribution in [2.75, 3.05) is 13.1 Å². The van der Waals surface area contributed by atoms with Crippen LogP contribution in [0.15, 0.2) is 35.1 Å². The average molecular weight is 324 g/mol. The number of nitrogens with zero attached hydrogens (tertiary/aromatic N) is 5. The Hall–Kier alpha value is -2.54. The van der Waals surface area contributed by atoms with Crippen molar-refractivity contribution in [3.8, 4) is 11.5 Å². The van der Waals surface area contributed by atoms with Gasteiger partial charge < -0.3 is 4.42 Å². The van der Waals surface area contributed by atoms with Gasteiger partial charge in [-0.25, -0.2) is 0 Å². The minimum Gasteiger partial charge on any atom is -0.419 e. The highest BCUT2D eigenvalue weighted by Crippen LogP contribution is 2.29. The van der Waals surface area contributed by atoms with Gasteiger partial charge in [0, 0.05) is 24.0 Å². The van der Waals surface area contributed by atoms with Gasteiger partial charge in [-0.15, -0.1) is 10.2 Å². The molecule has 3 aromatic heterocycles. The van der Waals surface area contributed by atoms with Crippen molar-refractivity contribution < 1.29 is 4.42 Å². The summed E-state index contributed by atoms with van der Waals surface area (Å²) in [5.41, 5.74) is 3.39. The molecule has 7 nitrogen and oxygen atoms in total. The first-order valence-corrected chi connectivity index (χ1v) is 8.24. The number of aromatic nitrogens is 5. The van der Waals surface area contributed by atoms with Crippen molar-refractivity contribution in [3.63, 3.8) is 0 Å². The number of aryl methyl sites for hydroxylation is 1. The predicted octanol–water partition coefficient (Wildman–Crippen LogP) is 2.54. The van der Waals surface area contributed by atoms with Crippen molar-refractivity contribution in [2.24, 2.45) is 0 Å². The highest BCUT2D eigenvalue weighted by molar-refractivity contribution is 5.49. The molecule has 0 amide bonds. The monoisotopic (exact) mass is 324 g/mol. The molecule has 4 heterocycles. The molecule has 0 bridgehead atoms. The maximum atomic E-state index is 5.77. The van der Waals surface area contributed by atoms with E-state index in [1.165, 1.54) is 11.3 Å². The van der Waals surface area contributed by atoms with Crippen molar-refractivity contribution in [3.05, 3.63) is 47.9 Å². The molecule has 1 fully saturated rings. The molecular weight excluding hydrogens is 304 g/mol. The fourth-order valence-electron chi connectivity index (χ4n) is 3.26. The molecule has 0 unspecified atom stereocenters. The van der Waals surface area contributed by atoms with Crippen LogP contribution in [0.2, 0.25) is 0 Å². The summed E-state index contributed by atoms with van der Waals surface area (Å²) in [4.78, 5) is 6.44. The largest absolute Gasteiger partial charge is 0.419 e. The van der Waals surface area contributed by atoms with Crippen LogP contribution in [0.1, 0.15) is 35.9 Å². The van der Waals surface area contributed by atoms with E-state index in [1.807, 2.05) is 18.3 Å². The quantitative estimate of drug-likeness (QED) is 0.794. The highest BCUT2D eigenvalue weighted by Gasteiger charge is 2.24. The molecule has 0 spiro atoms. The first-order chi connectivity index (χ1) is 11.8. The van der Waals surface area contributed by atoms with Crippen molar-refractivity contribution >= 4 is 0 Å². The molecule has 0 atom stereocenters. The minimum atomic E-state index is 0.529. The fourth-order valence-corrected chi connectivity index (χ4v) is 3.26. The third-order valence-electron chi connectivity index (χ3n) is 4.60. The number of H-pyrrole nitrogens is 1. The molecule has 1 saturated heterocycles. The number of rotatable bonds is 4. The van der Waals surface area contributed by atoms with Crippen molar-refractivity contribution in [2.45, 2.75) is 32.2 Å². The van der Waals surface area contributed by atoms with Gasteiger partial charge in [-0.3, -0.25) is 15.0 Å². The molecule has 1 aliphatic rings. The molecular formula is C17H20N6O. The lowest BCUT2D eigenvalue weighted by molar-refractivity contribution is 0.186. The Bertz CT molecular complexity index is 788. The van der Waals surface area contributed by atoms with E-state index in [1.54, 1.807) is 12.4 Å². The van der Waals surface area contributed by atoms with E-state index in [9.17, 15) is 0 Å². The van der Waals surface area contributed by atoms with E-state index < -0.39 is 0 Å². The Morgan fingerprint density at radius 2 is 2.12 bits per heavy atom. The van der Waals surface area contributed by atoms with Gasteiger partial charge in [-0.1, -0.05) is 0 Å². The number of piperidine rings is 1. The van der Waals surface area contributed by atoms with E-state index in [0.717, 1.165) is 31.5 Å². The Morgan fingerprint density at radius 3 is 2.83 bits per heavy atom. The van der Waals surface area contributed by atoms with Crippen LogP contribution in [0.4, 0.5) is 0 Å². The lowest BCUT2D eigenvalue weighted by Gasteiger charge is -2.30. The van der Waals surface area contributed by atoms with Crippen molar-refractivity contribution in [1.29, 1.82) is 0 Å². The zero-order valence-electron chi connectivity index (χ0n) is 13.6. The summed E-state index contributed by atoms with van der Waals surface area (Å²) in [5, 5.41) is 15.6. The second-order valence-corrected chi connectivity index (χ2v) is 6.26. The maximum absolute atomic E-state index is 5.77. The average Bonchev–Trinajstić information content (AvgIpc) is 3.26. The van der Waals surface area contributed by atoms with E-state index in [2.05, 4.69) is 37.2 Å². The summed E-state index contributed by atoms with van der Waals surface area (Å²) in [6.45, 7) is 4.85. The summed E-state index contributed by atoms with van der Waals surface area (Å²) >= 11 is 0. The van der Waals surface area contributed by atoms with E-state index in [0.29, 0.717) is 24.2 Å². The molecule has 7 heteroatoms. The van der Waals surface area contributed by atoms with E-state index in [4.69, 9.17) is 4.42 Å². The van der Waals surface area contributed by atoms with E-state index in [-0.39, 0.29) is 0 Å². The Labute approximate surface area is 140 Å². The summed E-state index contributed by atoms with van der Waals surface area (Å²) < 4.78 is 5.77. The number of nitrogens with one attached hydrogen (secondary N) is 1. The predicted molar refractivity (Wildman–Crippen MR) is 88.1 cm³/mol. The number of aromatic amines is 1. The maximum Gasteiger partial charge on any atom is 0.249 e. The Kier molecular flexibility index (Phi) is 4.08. The van der Waals surface area contributed by atoms with Gasteiger partial charge in [-0.2, -0.15) is 5.10 Å².